The van der Waals surface area contributed by atoms with Crippen LogP contribution < -0.4 is 4.72 Å². The number of hydrogen-bond donors (Lipinski definition) is 2. The van der Waals surface area contributed by atoms with Crippen LogP contribution in [0.4, 0.5) is 0 Å². The van der Waals surface area contributed by atoms with Crippen molar-refractivity contribution in [2.45, 2.75) is 38.6 Å². The minimum atomic E-state index is -3.62. The van der Waals surface area contributed by atoms with Crippen molar-refractivity contribution in [1.29, 1.82) is 0 Å². The van der Waals surface area contributed by atoms with E-state index >= 15 is 0 Å². The van der Waals surface area contributed by atoms with Crippen molar-refractivity contribution in [1.82, 2.24) is 9.03 Å². The van der Waals surface area contributed by atoms with Crippen molar-refractivity contribution in [3.8, 4) is 0 Å². The van der Waals surface area contributed by atoms with Crippen LogP contribution in [-0.2, 0) is 15.0 Å². The van der Waals surface area contributed by atoms with Crippen molar-refractivity contribution in [2.24, 2.45) is 0 Å². The molecule has 1 heterocycles. The quantitative estimate of drug-likeness (QED) is 0.703. The third kappa shape index (κ3) is 3.43. The van der Waals surface area contributed by atoms with Crippen molar-refractivity contribution in [3.63, 3.8) is 0 Å². The number of nitrogens with one attached hydrogen (secondary N) is 1. The molecule has 1 unspecified atom stereocenters. The Kier molecular flexibility index (Phi) is 4.69. The molecule has 94 valence electrons. The minimum absolute atomic E-state index is 0.308. The molecule has 16 heavy (non-hydrogen) atoms. The predicted octanol–water partition coefficient (Wildman–Crippen LogP) is 0.170. The molecular weight excluding hydrogens is 232 g/mol. The molecular formula is C9H18N2O4S. The summed E-state index contributed by atoms with van der Waals surface area (Å²) in [5.41, 5.74) is 0. The molecule has 0 spiro atoms. The lowest BCUT2D eigenvalue weighted by molar-refractivity contribution is -0.139. The van der Waals surface area contributed by atoms with Gasteiger partial charge < -0.3 is 5.11 Å². The summed E-state index contributed by atoms with van der Waals surface area (Å²) in [6.45, 7) is 2.78. The van der Waals surface area contributed by atoms with E-state index in [0.717, 1.165) is 12.8 Å². The van der Waals surface area contributed by atoms with Gasteiger partial charge in [0.1, 0.15) is 6.04 Å². The fourth-order valence-corrected chi connectivity index (χ4v) is 3.17. The van der Waals surface area contributed by atoms with Gasteiger partial charge in [0.25, 0.3) is 10.2 Å². The van der Waals surface area contributed by atoms with Crippen molar-refractivity contribution >= 4 is 16.2 Å². The van der Waals surface area contributed by atoms with E-state index in [1.54, 1.807) is 0 Å². The number of carboxylic acid groups (broad SMARTS) is 1. The average Bonchev–Trinajstić information content (AvgIpc) is 2.69. The monoisotopic (exact) mass is 250 g/mol. The summed E-state index contributed by atoms with van der Waals surface area (Å²) in [6, 6.07) is -1.02. The zero-order chi connectivity index (χ0) is 12.2. The summed E-state index contributed by atoms with van der Waals surface area (Å²) in [4.78, 5) is 10.8. The number of aliphatic carboxylic acids is 1. The Morgan fingerprint density at radius 2 is 2.00 bits per heavy atom. The Bertz CT molecular complexity index is 335. The van der Waals surface area contributed by atoms with Crippen molar-refractivity contribution < 1.29 is 18.3 Å². The van der Waals surface area contributed by atoms with E-state index in [4.69, 9.17) is 5.11 Å². The lowest BCUT2D eigenvalue weighted by Gasteiger charge is -2.19. The van der Waals surface area contributed by atoms with E-state index in [1.165, 1.54) is 4.31 Å². The van der Waals surface area contributed by atoms with Gasteiger partial charge in [-0.25, -0.2) is 0 Å². The van der Waals surface area contributed by atoms with Crippen LogP contribution in [0.5, 0.6) is 0 Å². The Balaban J connectivity index is 2.65. The van der Waals surface area contributed by atoms with Crippen LogP contribution >= 0.6 is 0 Å². The Hall–Kier alpha value is -0.660. The normalized spacial score (nSPS) is 19.8. The standard InChI is InChI=1S/C9H18N2O4S/c1-2-5-8(9(12)13)10-16(14,15)11-6-3-4-7-11/h8,10H,2-7H2,1H3,(H,12,13). The molecule has 1 rings (SSSR count). The Labute approximate surface area is 95.8 Å². The van der Waals surface area contributed by atoms with Gasteiger partial charge in [-0.3, -0.25) is 4.79 Å². The summed E-state index contributed by atoms with van der Waals surface area (Å²) in [6.07, 6.45) is 2.61. The fourth-order valence-electron chi connectivity index (χ4n) is 1.70. The maximum absolute atomic E-state index is 11.8. The van der Waals surface area contributed by atoms with Crippen LogP contribution in [0.3, 0.4) is 0 Å². The van der Waals surface area contributed by atoms with Gasteiger partial charge in [0.15, 0.2) is 0 Å². The van der Waals surface area contributed by atoms with Gasteiger partial charge in [-0.15, -0.1) is 0 Å². The number of hydrogen-bond acceptors (Lipinski definition) is 3. The van der Waals surface area contributed by atoms with Crippen molar-refractivity contribution in [3.05, 3.63) is 0 Å². The molecule has 0 amide bonds. The Morgan fingerprint density at radius 3 is 2.44 bits per heavy atom. The first-order chi connectivity index (χ1) is 7.47. The second kappa shape index (κ2) is 5.60. The zero-order valence-corrected chi connectivity index (χ0v) is 10.2. The SMILES string of the molecule is CCCC(NS(=O)(=O)N1CCCC1)C(=O)O. The van der Waals surface area contributed by atoms with Gasteiger partial charge in [-0.05, 0) is 19.3 Å². The molecule has 0 radical (unpaired) electrons. The third-order valence-electron chi connectivity index (χ3n) is 2.57. The first-order valence-corrected chi connectivity index (χ1v) is 6.91. The lowest BCUT2D eigenvalue weighted by atomic mass is 10.2. The van der Waals surface area contributed by atoms with E-state index in [2.05, 4.69) is 4.72 Å². The molecule has 7 heteroatoms. The van der Waals surface area contributed by atoms with E-state index in [9.17, 15) is 13.2 Å². The number of nitrogens with zero attached hydrogens (tertiary/aromatic N) is 1. The van der Waals surface area contributed by atoms with Crippen LogP contribution in [0.2, 0.25) is 0 Å². The number of rotatable bonds is 6. The fraction of sp³-hybridized carbons (Fsp3) is 0.889. The predicted molar refractivity (Wildman–Crippen MR) is 59.2 cm³/mol. The van der Waals surface area contributed by atoms with Crippen LogP contribution in [0.25, 0.3) is 0 Å². The molecule has 0 saturated carbocycles. The molecule has 1 saturated heterocycles. The molecule has 0 aromatic rings. The molecule has 6 nitrogen and oxygen atoms in total. The van der Waals surface area contributed by atoms with Gasteiger partial charge >= 0.3 is 5.97 Å². The highest BCUT2D eigenvalue weighted by atomic mass is 32.2. The summed E-state index contributed by atoms with van der Waals surface area (Å²) < 4.78 is 27.1. The first-order valence-electron chi connectivity index (χ1n) is 5.47. The summed E-state index contributed by atoms with van der Waals surface area (Å²) >= 11 is 0. The number of carboxylic acids is 1. The summed E-state index contributed by atoms with van der Waals surface area (Å²) in [5, 5.41) is 8.87. The maximum atomic E-state index is 11.8. The third-order valence-corrected chi connectivity index (χ3v) is 4.20. The van der Waals surface area contributed by atoms with Crippen LogP contribution in [0.1, 0.15) is 32.6 Å². The lowest BCUT2D eigenvalue weighted by Crippen LogP contribution is -2.47. The molecule has 0 aliphatic carbocycles. The van der Waals surface area contributed by atoms with E-state index in [-0.39, 0.29) is 0 Å². The van der Waals surface area contributed by atoms with E-state index < -0.39 is 22.2 Å². The van der Waals surface area contributed by atoms with Gasteiger partial charge in [-0.1, -0.05) is 13.3 Å². The zero-order valence-electron chi connectivity index (χ0n) is 9.35. The summed E-state index contributed by atoms with van der Waals surface area (Å²) in [5.74, 6) is -1.12. The van der Waals surface area contributed by atoms with Gasteiger partial charge in [-0.2, -0.15) is 17.4 Å². The second-order valence-corrected chi connectivity index (χ2v) is 5.61. The maximum Gasteiger partial charge on any atom is 0.321 e. The van der Waals surface area contributed by atoms with Crippen molar-refractivity contribution in [2.75, 3.05) is 13.1 Å². The topological polar surface area (TPSA) is 86.7 Å². The highest BCUT2D eigenvalue weighted by Crippen LogP contribution is 2.12. The molecule has 1 fully saturated rings. The number of carbonyl (C=O) groups is 1. The molecule has 1 aliphatic heterocycles. The summed E-state index contributed by atoms with van der Waals surface area (Å²) in [7, 11) is -3.62. The van der Waals surface area contributed by atoms with E-state index in [0.29, 0.717) is 25.9 Å². The molecule has 2 N–H and O–H groups in total. The molecule has 0 bridgehead atoms. The molecule has 1 aliphatic rings. The van der Waals surface area contributed by atoms with Gasteiger partial charge in [0.2, 0.25) is 0 Å². The Morgan fingerprint density at radius 1 is 1.44 bits per heavy atom. The highest BCUT2D eigenvalue weighted by molar-refractivity contribution is 7.87. The van der Waals surface area contributed by atoms with Gasteiger partial charge in [0.05, 0.1) is 0 Å². The molecule has 0 aromatic carbocycles. The molecule has 1 atom stereocenters. The first kappa shape index (κ1) is 13.4. The highest BCUT2D eigenvalue weighted by Gasteiger charge is 2.29. The molecule has 0 aromatic heterocycles. The smallest absolute Gasteiger partial charge is 0.321 e. The average molecular weight is 250 g/mol. The van der Waals surface area contributed by atoms with Gasteiger partial charge in [0, 0.05) is 13.1 Å². The largest absolute Gasteiger partial charge is 0.480 e. The minimum Gasteiger partial charge on any atom is -0.480 e. The van der Waals surface area contributed by atoms with Crippen LogP contribution in [-0.4, -0.2) is 42.9 Å². The van der Waals surface area contributed by atoms with Crippen LogP contribution in [0.15, 0.2) is 0 Å². The second-order valence-electron chi connectivity index (χ2n) is 3.91. The van der Waals surface area contributed by atoms with Crippen LogP contribution in [0, 0.1) is 0 Å². The van der Waals surface area contributed by atoms with E-state index in [1.807, 2.05) is 6.92 Å².